The van der Waals surface area contributed by atoms with E-state index in [1.807, 2.05) is 22.6 Å². The number of phenolic OH excluding ortho intramolecular Hbond substituents is 1. The molecule has 0 saturated heterocycles. The lowest BCUT2D eigenvalue weighted by molar-refractivity contribution is -0.117. The van der Waals surface area contributed by atoms with Crippen LogP contribution in [0.4, 0.5) is 10.1 Å². The van der Waals surface area contributed by atoms with Crippen LogP contribution >= 0.6 is 22.6 Å². The molecule has 0 unspecified atom stereocenters. The molecule has 1 amide bonds. The van der Waals surface area contributed by atoms with Crippen LogP contribution in [0.15, 0.2) is 42.5 Å². The molecule has 21 heavy (non-hydrogen) atoms. The van der Waals surface area contributed by atoms with Gasteiger partial charge < -0.3 is 16.2 Å². The molecule has 4 N–H and O–H groups in total. The van der Waals surface area contributed by atoms with Gasteiger partial charge in [-0.1, -0.05) is 12.1 Å². The van der Waals surface area contributed by atoms with Gasteiger partial charge in [-0.2, -0.15) is 0 Å². The van der Waals surface area contributed by atoms with Crippen LogP contribution in [0.5, 0.6) is 5.75 Å². The largest absolute Gasteiger partial charge is 0.508 e. The Morgan fingerprint density at radius 1 is 1.29 bits per heavy atom. The van der Waals surface area contributed by atoms with Gasteiger partial charge in [0, 0.05) is 3.57 Å². The molecule has 2 aromatic rings. The number of hydrogen-bond acceptors (Lipinski definition) is 3. The van der Waals surface area contributed by atoms with Crippen LogP contribution in [0, 0.1) is 9.39 Å². The van der Waals surface area contributed by atoms with Crippen molar-refractivity contribution in [2.75, 3.05) is 5.32 Å². The molecule has 0 aliphatic rings. The number of amides is 1. The molecule has 0 aromatic heterocycles. The van der Waals surface area contributed by atoms with Gasteiger partial charge in [0.25, 0.3) is 0 Å². The zero-order valence-electron chi connectivity index (χ0n) is 11.0. The minimum atomic E-state index is -0.726. The lowest BCUT2D eigenvalue weighted by atomic mass is 10.1. The van der Waals surface area contributed by atoms with Crippen LogP contribution < -0.4 is 11.1 Å². The molecule has 0 aliphatic heterocycles. The molecule has 0 aliphatic carbocycles. The topological polar surface area (TPSA) is 75.3 Å². The maximum atomic E-state index is 13.0. The monoisotopic (exact) mass is 400 g/mol. The van der Waals surface area contributed by atoms with E-state index in [9.17, 15) is 14.3 Å². The average Bonchev–Trinajstić information content (AvgIpc) is 2.44. The molecular weight excluding hydrogens is 386 g/mol. The Hall–Kier alpha value is -1.67. The Kier molecular flexibility index (Phi) is 5.13. The molecular formula is C15H14FIN2O2. The van der Waals surface area contributed by atoms with Gasteiger partial charge in [-0.25, -0.2) is 4.39 Å². The highest BCUT2D eigenvalue weighted by molar-refractivity contribution is 14.1. The summed E-state index contributed by atoms with van der Waals surface area (Å²) >= 11 is 1.95. The third-order valence-corrected chi connectivity index (χ3v) is 3.81. The zero-order chi connectivity index (χ0) is 15.4. The first-order valence-corrected chi connectivity index (χ1v) is 7.33. The highest BCUT2D eigenvalue weighted by Crippen LogP contribution is 2.19. The molecule has 1 atom stereocenters. The second kappa shape index (κ2) is 6.86. The summed E-state index contributed by atoms with van der Waals surface area (Å²) in [6.45, 7) is 0. The zero-order valence-corrected chi connectivity index (χ0v) is 13.2. The summed E-state index contributed by atoms with van der Waals surface area (Å²) in [6, 6.07) is 9.91. The van der Waals surface area contributed by atoms with E-state index in [1.165, 1.54) is 18.2 Å². The first-order valence-electron chi connectivity index (χ1n) is 6.25. The number of phenols is 1. The van der Waals surface area contributed by atoms with Crippen molar-refractivity contribution in [3.05, 3.63) is 57.4 Å². The van der Waals surface area contributed by atoms with Crippen LogP contribution in [-0.2, 0) is 11.2 Å². The SMILES string of the molecule is N[C@H](Cc1ccc(O)cc1)C(=O)Nc1ccc(F)cc1I. The number of nitrogens with one attached hydrogen (secondary N) is 1. The maximum absolute atomic E-state index is 13.0. The highest BCUT2D eigenvalue weighted by atomic mass is 127. The predicted molar refractivity (Wildman–Crippen MR) is 87.5 cm³/mol. The first kappa shape index (κ1) is 15.7. The summed E-state index contributed by atoms with van der Waals surface area (Å²) in [7, 11) is 0. The molecule has 0 spiro atoms. The fourth-order valence-corrected chi connectivity index (χ4v) is 2.41. The van der Waals surface area contributed by atoms with E-state index in [2.05, 4.69) is 5.32 Å². The van der Waals surface area contributed by atoms with E-state index in [1.54, 1.807) is 24.3 Å². The van der Waals surface area contributed by atoms with Gasteiger partial charge >= 0.3 is 0 Å². The van der Waals surface area contributed by atoms with Gasteiger partial charge in [0.05, 0.1) is 11.7 Å². The summed E-state index contributed by atoms with van der Waals surface area (Å²) in [6.07, 6.45) is 0.351. The third-order valence-electron chi connectivity index (χ3n) is 2.92. The van der Waals surface area contributed by atoms with E-state index in [0.717, 1.165) is 5.56 Å². The summed E-state index contributed by atoms with van der Waals surface area (Å²) < 4.78 is 13.6. The molecule has 0 saturated carbocycles. The first-order chi connectivity index (χ1) is 9.95. The van der Waals surface area contributed by atoms with Crippen molar-refractivity contribution in [1.29, 1.82) is 0 Å². The molecule has 2 aromatic carbocycles. The van der Waals surface area contributed by atoms with Crippen LogP contribution in [-0.4, -0.2) is 17.1 Å². The maximum Gasteiger partial charge on any atom is 0.241 e. The second-order valence-electron chi connectivity index (χ2n) is 4.59. The summed E-state index contributed by atoms with van der Waals surface area (Å²) in [5, 5.41) is 11.9. The summed E-state index contributed by atoms with van der Waals surface area (Å²) in [5.74, 6) is -0.531. The van der Waals surface area contributed by atoms with Gasteiger partial charge in [-0.3, -0.25) is 4.79 Å². The normalized spacial score (nSPS) is 12.0. The summed E-state index contributed by atoms with van der Waals surface area (Å²) in [5.41, 5.74) is 7.25. The Morgan fingerprint density at radius 3 is 2.57 bits per heavy atom. The van der Waals surface area contributed by atoms with Crippen LogP contribution in [0.25, 0.3) is 0 Å². The second-order valence-corrected chi connectivity index (χ2v) is 5.75. The highest BCUT2D eigenvalue weighted by Gasteiger charge is 2.15. The van der Waals surface area contributed by atoms with Gasteiger partial charge in [-0.05, 0) is 64.9 Å². The Balaban J connectivity index is 2.00. The number of aromatic hydroxyl groups is 1. The van der Waals surface area contributed by atoms with E-state index < -0.39 is 6.04 Å². The molecule has 0 fully saturated rings. The average molecular weight is 400 g/mol. The number of nitrogens with two attached hydrogens (primary N) is 1. The fourth-order valence-electron chi connectivity index (χ4n) is 1.79. The molecule has 4 nitrogen and oxygen atoms in total. The van der Waals surface area contributed by atoms with Crippen molar-refractivity contribution in [2.45, 2.75) is 12.5 Å². The van der Waals surface area contributed by atoms with E-state index in [0.29, 0.717) is 15.7 Å². The van der Waals surface area contributed by atoms with E-state index >= 15 is 0 Å². The quantitative estimate of drug-likeness (QED) is 0.691. The van der Waals surface area contributed by atoms with Crippen molar-refractivity contribution in [2.24, 2.45) is 5.73 Å². The Bertz CT molecular complexity index is 647. The molecule has 6 heteroatoms. The van der Waals surface area contributed by atoms with Gasteiger partial charge in [0.15, 0.2) is 0 Å². The minimum absolute atomic E-state index is 0.164. The summed E-state index contributed by atoms with van der Waals surface area (Å²) in [4.78, 5) is 12.0. The van der Waals surface area contributed by atoms with Crippen molar-refractivity contribution < 1.29 is 14.3 Å². The van der Waals surface area contributed by atoms with Crippen molar-refractivity contribution in [3.63, 3.8) is 0 Å². The predicted octanol–water partition coefficient (Wildman–Crippen LogP) is 2.64. The number of halogens is 2. The van der Waals surface area contributed by atoms with Crippen molar-refractivity contribution >= 4 is 34.2 Å². The number of carbonyl (C=O) groups excluding carboxylic acids is 1. The van der Waals surface area contributed by atoms with Crippen LogP contribution in [0.1, 0.15) is 5.56 Å². The minimum Gasteiger partial charge on any atom is -0.508 e. The molecule has 2 rings (SSSR count). The Labute approximate surface area is 135 Å². The van der Waals surface area contributed by atoms with Gasteiger partial charge in [0.1, 0.15) is 11.6 Å². The van der Waals surface area contributed by atoms with E-state index in [4.69, 9.17) is 5.73 Å². The number of carbonyl (C=O) groups is 1. The molecule has 0 radical (unpaired) electrons. The lowest BCUT2D eigenvalue weighted by Gasteiger charge is -2.13. The fraction of sp³-hybridized carbons (Fsp3) is 0.133. The molecule has 0 heterocycles. The van der Waals surface area contributed by atoms with Crippen LogP contribution in [0.2, 0.25) is 0 Å². The standard InChI is InChI=1S/C15H14FIN2O2/c16-10-3-6-14(12(17)8-10)19-15(21)13(18)7-9-1-4-11(20)5-2-9/h1-6,8,13,20H,7,18H2,(H,19,21)/t13-/m1/s1. The van der Waals surface area contributed by atoms with Gasteiger partial charge in [-0.15, -0.1) is 0 Å². The molecule has 0 bridgehead atoms. The lowest BCUT2D eigenvalue weighted by Crippen LogP contribution is -2.37. The van der Waals surface area contributed by atoms with Crippen molar-refractivity contribution in [3.8, 4) is 5.75 Å². The number of anilines is 1. The number of rotatable bonds is 4. The smallest absolute Gasteiger partial charge is 0.241 e. The third kappa shape index (κ3) is 4.40. The van der Waals surface area contributed by atoms with E-state index in [-0.39, 0.29) is 17.5 Å². The van der Waals surface area contributed by atoms with Gasteiger partial charge in [0.2, 0.25) is 5.91 Å². The van der Waals surface area contributed by atoms with Crippen molar-refractivity contribution in [1.82, 2.24) is 0 Å². The number of hydrogen-bond donors (Lipinski definition) is 3. The van der Waals surface area contributed by atoms with Crippen LogP contribution in [0.3, 0.4) is 0 Å². The Morgan fingerprint density at radius 2 is 1.95 bits per heavy atom. The number of benzene rings is 2. The molecule has 110 valence electrons.